The Morgan fingerprint density at radius 2 is 1.59 bits per heavy atom. The molecule has 1 aliphatic heterocycles. The van der Waals surface area contributed by atoms with Crippen molar-refractivity contribution in [2.24, 2.45) is 0 Å². The molecule has 0 bridgehead atoms. The van der Waals surface area contributed by atoms with Gasteiger partial charge >= 0.3 is 0 Å². The first-order valence-corrected chi connectivity index (χ1v) is 9.87. The fourth-order valence-corrected chi connectivity index (χ4v) is 4.17. The number of anilines is 1. The summed E-state index contributed by atoms with van der Waals surface area (Å²) >= 11 is 0. The Balaban J connectivity index is 1.59. The molecule has 1 atom stereocenters. The second-order valence-electron chi connectivity index (χ2n) is 7.36. The zero-order chi connectivity index (χ0) is 19.6. The van der Waals surface area contributed by atoms with Gasteiger partial charge in [0.25, 0.3) is 0 Å². The van der Waals surface area contributed by atoms with Gasteiger partial charge in [0.05, 0.1) is 0 Å². The van der Waals surface area contributed by atoms with E-state index >= 15 is 0 Å². The molecule has 4 aromatic rings. The van der Waals surface area contributed by atoms with Crippen LogP contribution in [0, 0.1) is 0 Å². The molecular formula is C26H21NO2. The number of carbonyl (C=O) groups excluding carboxylic acids is 1. The number of hydrogen-bond donors (Lipinski definition) is 1. The second-order valence-corrected chi connectivity index (χ2v) is 7.36. The van der Waals surface area contributed by atoms with E-state index in [2.05, 4.69) is 41.7 Å². The Bertz CT molecular complexity index is 1180. The monoisotopic (exact) mass is 379 g/mol. The van der Waals surface area contributed by atoms with E-state index in [0.717, 1.165) is 22.6 Å². The number of ether oxygens (including phenoxy) is 1. The third kappa shape index (κ3) is 3.36. The lowest BCUT2D eigenvalue weighted by molar-refractivity contribution is -0.116. The van der Waals surface area contributed by atoms with Crippen LogP contribution in [0.2, 0.25) is 0 Å². The molecule has 0 radical (unpaired) electrons. The number of amides is 1. The van der Waals surface area contributed by atoms with Crippen LogP contribution in [-0.4, -0.2) is 5.91 Å². The van der Waals surface area contributed by atoms with E-state index in [1.807, 2.05) is 54.6 Å². The first kappa shape index (κ1) is 17.5. The number of benzene rings is 4. The van der Waals surface area contributed by atoms with Gasteiger partial charge in [0.1, 0.15) is 12.4 Å². The van der Waals surface area contributed by atoms with Crippen LogP contribution in [0.25, 0.3) is 10.8 Å². The zero-order valence-corrected chi connectivity index (χ0v) is 16.0. The highest BCUT2D eigenvalue weighted by Crippen LogP contribution is 2.44. The minimum atomic E-state index is -0.0446. The summed E-state index contributed by atoms with van der Waals surface area (Å²) in [6.45, 7) is 0.499. The number of rotatable bonds is 4. The molecule has 142 valence electrons. The molecule has 1 aliphatic rings. The van der Waals surface area contributed by atoms with Crippen LogP contribution >= 0.6 is 0 Å². The Morgan fingerprint density at radius 3 is 2.48 bits per heavy atom. The van der Waals surface area contributed by atoms with Crippen LogP contribution in [-0.2, 0) is 11.4 Å². The van der Waals surface area contributed by atoms with Gasteiger partial charge in [0, 0.05) is 23.6 Å². The number of hydrogen-bond acceptors (Lipinski definition) is 2. The third-order valence-corrected chi connectivity index (χ3v) is 5.51. The summed E-state index contributed by atoms with van der Waals surface area (Å²) in [6, 6.07) is 30.6. The zero-order valence-electron chi connectivity index (χ0n) is 16.0. The molecular weight excluding hydrogens is 358 g/mol. The SMILES string of the molecule is O=C1C[C@@H](c2ccccc2OCc2ccccc2)c2c(ccc3ccccc23)N1. The molecule has 1 amide bonds. The predicted molar refractivity (Wildman–Crippen MR) is 116 cm³/mol. The predicted octanol–water partition coefficient (Wildman–Crippen LogP) is 5.89. The van der Waals surface area contributed by atoms with Gasteiger partial charge in [-0.3, -0.25) is 4.79 Å². The van der Waals surface area contributed by atoms with Gasteiger partial charge in [-0.1, -0.05) is 78.9 Å². The molecule has 3 heteroatoms. The lowest BCUT2D eigenvalue weighted by Gasteiger charge is -2.29. The molecule has 0 unspecified atom stereocenters. The number of fused-ring (bicyclic) bond motifs is 3. The quantitative estimate of drug-likeness (QED) is 0.480. The highest BCUT2D eigenvalue weighted by Gasteiger charge is 2.30. The molecule has 4 aromatic carbocycles. The van der Waals surface area contributed by atoms with E-state index in [-0.39, 0.29) is 11.8 Å². The van der Waals surface area contributed by atoms with Crippen LogP contribution in [0.3, 0.4) is 0 Å². The van der Waals surface area contributed by atoms with Crippen LogP contribution in [0.1, 0.15) is 29.0 Å². The Morgan fingerprint density at radius 1 is 0.828 bits per heavy atom. The fourth-order valence-electron chi connectivity index (χ4n) is 4.17. The summed E-state index contributed by atoms with van der Waals surface area (Å²) in [5.74, 6) is 0.822. The second kappa shape index (κ2) is 7.44. The largest absolute Gasteiger partial charge is 0.489 e. The van der Waals surface area contributed by atoms with Crippen LogP contribution in [0.15, 0.2) is 91.0 Å². The summed E-state index contributed by atoms with van der Waals surface area (Å²) in [7, 11) is 0. The Hall–Kier alpha value is -3.59. The van der Waals surface area contributed by atoms with E-state index in [0.29, 0.717) is 13.0 Å². The summed E-state index contributed by atoms with van der Waals surface area (Å²) in [4.78, 5) is 12.5. The van der Waals surface area contributed by atoms with E-state index in [1.165, 1.54) is 16.3 Å². The van der Waals surface area contributed by atoms with Gasteiger partial charge in [0.2, 0.25) is 5.91 Å². The third-order valence-electron chi connectivity index (χ3n) is 5.51. The summed E-state index contributed by atoms with van der Waals surface area (Å²) in [6.07, 6.45) is 0.409. The average molecular weight is 379 g/mol. The van der Waals surface area contributed by atoms with E-state index in [1.54, 1.807) is 0 Å². The van der Waals surface area contributed by atoms with E-state index in [9.17, 15) is 4.79 Å². The van der Waals surface area contributed by atoms with Crippen molar-refractivity contribution in [2.45, 2.75) is 18.9 Å². The van der Waals surface area contributed by atoms with Gasteiger partial charge in [-0.25, -0.2) is 0 Å². The van der Waals surface area contributed by atoms with Crippen LogP contribution < -0.4 is 10.1 Å². The molecule has 5 rings (SSSR count). The first-order chi connectivity index (χ1) is 14.3. The molecule has 0 aromatic heterocycles. The first-order valence-electron chi connectivity index (χ1n) is 9.87. The maximum Gasteiger partial charge on any atom is 0.225 e. The Labute approximate surface area is 170 Å². The number of nitrogens with one attached hydrogen (secondary N) is 1. The maximum atomic E-state index is 12.5. The number of para-hydroxylation sites is 1. The van der Waals surface area contributed by atoms with Gasteiger partial charge in [0.15, 0.2) is 0 Å². The molecule has 0 aliphatic carbocycles. The minimum Gasteiger partial charge on any atom is -0.489 e. The molecule has 1 heterocycles. The van der Waals surface area contributed by atoms with Crippen molar-refractivity contribution in [2.75, 3.05) is 5.32 Å². The van der Waals surface area contributed by atoms with Gasteiger partial charge in [-0.2, -0.15) is 0 Å². The fraction of sp³-hybridized carbons (Fsp3) is 0.115. The van der Waals surface area contributed by atoms with Gasteiger partial charge in [-0.15, -0.1) is 0 Å². The van der Waals surface area contributed by atoms with Crippen molar-refractivity contribution >= 4 is 22.4 Å². The van der Waals surface area contributed by atoms with E-state index < -0.39 is 0 Å². The van der Waals surface area contributed by atoms with Crippen molar-refractivity contribution in [1.29, 1.82) is 0 Å². The molecule has 3 nitrogen and oxygen atoms in total. The normalized spacial score (nSPS) is 15.6. The maximum absolute atomic E-state index is 12.5. The minimum absolute atomic E-state index is 0.0376. The molecule has 29 heavy (non-hydrogen) atoms. The van der Waals surface area contributed by atoms with Crippen molar-refractivity contribution in [3.05, 3.63) is 108 Å². The molecule has 0 spiro atoms. The van der Waals surface area contributed by atoms with Gasteiger partial charge in [-0.05, 0) is 34.0 Å². The van der Waals surface area contributed by atoms with Gasteiger partial charge < -0.3 is 10.1 Å². The molecule has 1 N–H and O–H groups in total. The standard InChI is InChI=1S/C26H21NO2/c28-25-16-22(26-20-11-5-4-10-19(20)14-15-23(26)27-25)21-12-6-7-13-24(21)29-17-18-8-2-1-3-9-18/h1-15,22H,16-17H2,(H,27,28)/t22-/m0/s1. The topological polar surface area (TPSA) is 38.3 Å². The summed E-state index contributed by atoms with van der Waals surface area (Å²) in [5, 5.41) is 5.40. The van der Waals surface area contributed by atoms with E-state index in [4.69, 9.17) is 4.74 Å². The van der Waals surface area contributed by atoms with Crippen molar-refractivity contribution < 1.29 is 9.53 Å². The molecule has 0 saturated carbocycles. The average Bonchev–Trinajstić information content (AvgIpc) is 2.78. The van der Waals surface area contributed by atoms with Crippen molar-refractivity contribution in [1.82, 2.24) is 0 Å². The van der Waals surface area contributed by atoms with Crippen molar-refractivity contribution in [3.8, 4) is 5.75 Å². The highest BCUT2D eigenvalue weighted by atomic mass is 16.5. The summed E-state index contributed by atoms with van der Waals surface area (Å²) in [5.41, 5.74) is 4.23. The lowest BCUT2D eigenvalue weighted by Crippen LogP contribution is -2.24. The van der Waals surface area contributed by atoms with Crippen LogP contribution in [0.4, 0.5) is 5.69 Å². The van der Waals surface area contributed by atoms with Crippen LogP contribution in [0.5, 0.6) is 5.75 Å². The molecule has 0 fully saturated rings. The smallest absolute Gasteiger partial charge is 0.225 e. The summed E-state index contributed by atoms with van der Waals surface area (Å²) < 4.78 is 6.21. The van der Waals surface area contributed by atoms with Crippen molar-refractivity contribution in [3.63, 3.8) is 0 Å². The lowest BCUT2D eigenvalue weighted by atomic mass is 9.81. The highest BCUT2D eigenvalue weighted by molar-refractivity contribution is 6.01. The molecule has 0 saturated heterocycles. The number of carbonyl (C=O) groups is 1. The Kier molecular flexibility index (Phi) is 4.49.